The first-order chi connectivity index (χ1) is 13.4. The van der Waals surface area contributed by atoms with E-state index in [1.54, 1.807) is 17.9 Å². The number of nitro groups is 1. The Kier molecular flexibility index (Phi) is 5.79. The highest BCUT2D eigenvalue weighted by molar-refractivity contribution is 6.34. The molecule has 2 aromatic carbocycles. The van der Waals surface area contributed by atoms with E-state index in [0.717, 1.165) is 11.8 Å². The topological polar surface area (TPSA) is 95.8 Å². The highest BCUT2D eigenvalue weighted by Crippen LogP contribution is 2.29. The van der Waals surface area contributed by atoms with E-state index in [1.165, 1.54) is 12.1 Å². The Morgan fingerprint density at radius 1 is 1.11 bits per heavy atom. The second-order valence-corrected chi connectivity index (χ2v) is 6.79. The maximum Gasteiger partial charge on any atom is 0.270 e. The normalized spacial score (nSPS) is 13.9. The number of nitrogens with zero attached hydrogens (tertiary/aromatic N) is 3. The van der Waals surface area contributed by atoms with Crippen LogP contribution in [0, 0.1) is 10.1 Å². The Labute approximate surface area is 166 Å². The average Bonchev–Trinajstić information content (AvgIpc) is 2.68. The van der Waals surface area contributed by atoms with Crippen LogP contribution in [0.3, 0.4) is 0 Å². The Morgan fingerprint density at radius 3 is 2.39 bits per heavy atom. The molecule has 0 aromatic heterocycles. The highest BCUT2D eigenvalue weighted by Gasteiger charge is 2.22. The number of nitro benzene ring substituents is 1. The van der Waals surface area contributed by atoms with Crippen molar-refractivity contribution < 1.29 is 14.5 Å². The molecule has 0 saturated carbocycles. The van der Waals surface area contributed by atoms with E-state index >= 15 is 0 Å². The molecule has 1 aliphatic heterocycles. The van der Waals surface area contributed by atoms with E-state index in [9.17, 15) is 19.7 Å². The Morgan fingerprint density at radius 2 is 1.79 bits per heavy atom. The molecular weight excluding hydrogens is 384 g/mol. The number of hydrogen-bond donors (Lipinski definition) is 1. The molecule has 0 spiro atoms. The predicted molar refractivity (Wildman–Crippen MR) is 107 cm³/mol. The fourth-order valence-electron chi connectivity index (χ4n) is 3.11. The number of piperazine rings is 1. The zero-order valence-corrected chi connectivity index (χ0v) is 16.0. The number of anilines is 2. The number of hydrogen-bond acceptors (Lipinski definition) is 5. The molecule has 2 amide bonds. The van der Waals surface area contributed by atoms with E-state index < -0.39 is 10.8 Å². The molecule has 0 bridgehead atoms. The lowest BCUT2D eigenvalue weighted by molar-refractivity contribution is -0.384. The molecule has 0 aliphatic carbocycles. The second kappa shape index (κ2) is 8.26. The molecule has 28 heavy (non-hydrogen) atoms. The minimum absolute atomic E-state index is 0.0132. The van der Waals surface area contributed by atoms with Gasteiger partial charge in [0, 0.05) is 45.2 Å². The van der Waals surface area contributed by atoms with Crippen LogP contribution in [0.2, 0.25) is 5.02 Å². The molecule has 9 heteroatoms. The summed E-state index contributed by atoms with van der Waals surface area (Å²) in [5, 5.41) is 13.7. The van der Waals surface area contributed by atoms with Gasteiger partial charge in [-0.1, -0.05) is 23.7 Å². The number of rotatable bonds is 4. The van der Waals surface area contributed by atoms with Crippen LogP contribution in [0.15, 0.2) is 42.5 Å². The minimum Gasteiger partial charge on any atom is -0.366 e. The predicted octanol–water partition coefficient (Wildman–Crippen LogP) is 3.17. The Hall–Kier alpha value is -3.13. The van der Waals surface area contributed by atoms with Gasteiger partial charge in [0.15, 0.2) is 0 Å². The fourth-order valence-corrected chi connectivity index (χ4v) is 3.37. The van der Waals surface area contributed by atoms with E-state index in [2.05, 4.69) is 10.2 Å². The van der Waals surface area contributed by atoms with Crippen molar-refractivity contribution in [3.8, 4) is 0 Å². The molecule has 146 valence electrons. The van der Waals surface area contributed by atoms with Crippen molar-refractivity contribution in [2.24, 2.45) is 0 Å². The van der Waals surface area contributed by atoms with E-state index in [4.69, 9.17) is 11.6 Å². The number of halogens is 1. The quantitative estimate of drug-likeness (QED) is 0.626. The maximum absolute atomic E-state index is 12.7. The number of benzene rings is 2. The summed E-state index contributed by atoms with van der Waals surface area (Å²) in [7, 11) is 0. The number of para-hydroxylation sites is 2. The molecule has 1 heterocycles. The van der Waals surface area contributed by atoms with Crippen molar-refractivity contribution in [3.05, 3.63) is 63.2 Å². The van der Waals surface area contributed by atoms with Gasteiger partial charge in [0.1, 0.15) is 0 Å². The monoisotopic (exact) mass is 402 g/mol. The summed E-state index contributed by atoms with van der Waals surface area (Å²) in [6.45, 7) is 4.10. The summed E-state index contributed by atoms with van der Waals surface area (Å²) in [6, 6.07) is 11.1. The fraction of sp³-hybridized carbons (Fsp3) is 0.263. The maximum atomic E-state index is 12.7. The zero-order valence-electron chi connectivity index (χ0n) is 15.2. The van der Waals surface area contributed by atoms with Crippen LogP contribution in [0.4, 0.5) is 17.1 Å². The number of amides is 2. The van der Waals surface area contributed by atoms with Gasteiger partial charge in [0.2, 0.25) is 5.91 Å². The van der Waals surface area contributed by atoms with Gasteiger partial charge in [-0.05, 0) is 18.2 Å². The van der Waals surface area contributed by atoms with Gasteiger partial charge in [0.05, 0.1) is 26.9 Å². The van der Waals surface area contributed by atoms with Crippen molar-refractivity contribution in [2.75, 3.05) is 36.4 Å². The second-order valence-electron chi connectivity index (χ2n) is 6.39. The summed E-state index contributed by atoms with van der Waals surface area (Å²) in [5.41, 5.74) is 1.43. The van der Waals surface area contributed by atoms with Crippen LogP contribution < -0.4 is 10.2 Å². The van der Waals surface area contributed by atoms with Crippen LogP contribution in [0.5, 0.6) is 0 Å². The molecule has 0 radical (unpaired) electrons. The van der Waals surface area contributed by atoms with Gasteiger partial charge in [-0.2, -0.15) is 0 Å². The van der Waals surface area contributed by atoms with Gasteiger partial charge in [-0.25, -0.2) is 0 Å². The molecule has 0 unspecified atom stereocenters. The largest absolute Gasteiger partial charge is 0.366 e. The SMILES string of the molecule is CC(=O)N1CCN(c2ccccc2NC(=O)c2ccc([N+](=O)[O-])cc2Cl)CC1. The Balaban J connectivity index is 1.78. The van der Waals surface area contributed by atoms with Crippen molar-refractivity contribution in [1.82, 2.24) is 4.90 Å². The summed E-state index contributed by atoms with van der Waals surface area (Å²) >= 11 is 6.06. The van der Waals surface area contributed by atoms with Crippen molar-refractivity contribution in [2.45, 2.75) is 6.92 Å². The Bertz CT molecular complexity index is 926. The summed E-state index contributed by atoms with van der Waals surface area (Å²) < 4.78 is 0. The lowest BCUT2D eigenvalue weighted by Crippen LogP contribution is -2.48. The molecule has 1 N–H and O–H groups in total. The van der Waals surface area contributed by atoms with Crippen LogP contribution >= 0.6 is 11.6 Å². The lowest BCUT2D eigenvalue weighted by atomic mass is 10.1. The molecular formula is C19H19ClN4O4. The minimum atomic E-state index is -0.566. The number of carbonyl (C=O) groups is 2. The molecule has 1 aliphatic rings. The first-order valence-electron chi connectivity index (χ1n) is 8.71. The van der Waals surface area contributed by atoms with Gasteiger partial charge in [-0.3, -0.25) is 19.7 Å². The van der Waals surface area contributed by atoms with Gasteiger partial charge >= 0.3 is 0 Å². The van der Waals surface area contributed by atoms with Crippen LogP contribution in [-0.2, 0) is 4.79 Å². The third kappa shape index (κ3) is 4.23. The number of nitrogens with one attached hydrogen (secondary N) is 1. The first-order valence-corrected chi connectivity index (χ1v) is 9.09. The van der Waals surface area contributed by atoms with Crippen molar-refractivity contribution >= 4 is 40.5 Å². The smallest absolute Gasteiger partial charge is 0.270 e. The van der Waals surface area contributed by atoms with Gasteiger partial charge < -0.3 is 15.1 Å². The summed E-state index contributed by atoms with van der Waals surface area (Å²) in [5.74, 6) is -0.399. The van der Waals surface area contributed by atoms with Gasteiger partial charge in [-0.15, -0.1) is 0 Å². The standard InChI is InChI=1S/C19H19ClN4O4/c1-13(25)22-8-10-23(11-9-22)18-5-3-2-4-17(18)21-19(26)15-7-6-14(24(27)28)12-16(15)20/h2-7,12H,8-11H2,1H3,(H,21,26). The molecule has 3 rings (SSSR count). The molecule has 1 fully saturated rings. The van der Waals surface area contributed by atoms with Crippen molar-refractivity contribution in [3.63, 3.8) is 0 Å². The average molecular weight is 403 g/mol. The van der Waals surface area contributed by atoms with Gasteiger partial charge in [0.25, 0.3) is 11.6 Å². The van der Waals surface area contributed by atoms with Crippen LogP contribution in [-0.4, -0.2) is 47.8 Å². The first kappa shape index (κ1) is 19.6. The van der Waals surface area contributed by atoms with Crippen LogP contribution in [0.1, 0.15) is 17.3 Å². The third-order valence-electron chi connectivity index (χ3n) is 4.63. The van der Waals surface area contributed by atoms with E-state index in [0.29, 0.717) is 31.9 Å². The third-order valence-corrected chi connectivity index (χ3v) is 4.94. The highest BCUT2D eigenvalue weighted by atomic mass is 35.5. The van der Waals surface area contributed by atoms with E-state index in [1.807, 2.05) is 18.2 Å². The number of carbonyl (C=O) groups excluding carboxylic acids is 2. The van der Waals surface area contributed by atoms with Crippen LogP contribution in [0.25, 0.3) is 0 Å². The van der Waals surface area contributed by atoms with E-state index in [-0.39, 0.29) is 22.2 Å². The molecule has 0 atom stereocenters. The number of non-ortho nitro benzene ring substituents is 1. The molecule has 2 aromatic rings. The summed E-state index contributed by atoms with van der Waals surface area (Å²) in [6.07, 6.45) is 0. The molecule has 8 nitrogen and oxygen atoms in total. The zero-order chi connectivity index (χ0) is 20.3. The van der Waals surface area contributed by atoms with Crippen molar-refractivity contribution in [1.29, 1.82) is 0 Å². The summed E-state index contributed by atoms with van der Waals surface area (Å²) in [4.78, 5) is 38.3. The lowest BCUT2D eigenvalue weighted by Gasteiger charge is -2.36. The molecule has 1 saturated heterocycles.